The van der Waals surface area contributed by atoms with Crippen LogP contribution in [0, 0.1) is 0 Å². The summed E-state index contributed by atoms with van der Waals surface area (Å²) in [5.41, 5.74) is 1.85. The molecular formula is C21H24N2O4. The molecule has 0 aliphatic carbocycles. The van der Waals surface area contributed by atoms with Crippen molar-refractivity contribution in [2.45, 2.75) is 12.6 Å². The highest BCUT2D eigenvalue weighted by molar-refractivity contribution is 5.94. The van der Waals surface area contributed by atoms with E-state index in [2.05, 4.69) is 10.2 Å². The van der Waals surface area contributed by atoms with E-state index < -0.39 is 0 Å². The molecule has 142 valence electrons. The number of hydrogen-bond donors (Lipinski definition) is 1. The highest BCUT2D eigenvalue weighted by Crippen LogP contribution is 2.30. The number of fused-ring (bicyclic) bond motifs is 1. The van der Waals surface area contributed by atoms with Gasteiger partial charge in [-0.2, -0.15) is 0 Å². The van der Waals surface area contributed by atoms with Gasteiger partial charge in [-0.15, -0.1) is 0 Å². The molecule has 6 nitrogen and oxygen atoms in total. The van der Waals surface area contributed by atoms with Crippen molar-refractivity contribution in [1.29, 1.82) is 0 Å². The normalized spacial score (nSPS) is 19.5. The number of nitrogens with zero attached hydrogens (tertiary/aromatic N) is 1. The van der Waals surface area contributed by atoms with Gasteiger partial charge in [-0.25, -0.2) is 0 Å². The average molecular weight is 368 g/mol. The zero-order valence-corrected chi connectivity index (χ0v) is 15.2. The summed E-state index contributed by atoms with van der Waals surface area (Å²) in [6.07, 6.45) is -0.190. The Kier molecular flexibility index (Phi) is 5.55. The van der Waals surface area contributed by atoms with E-state index in [0.29, 0.717) is 18.7 Å². The summed E-state index contributed by atoms with van der Waals surface area (Å²) in [7, 11) is 0. The molecule has 2 aliphatic heterocycles. The molecule has 0 saturated carbocycles. The Bertz CT molecular complexity index is 772. The fourth-order valence-corrected chi connectivity index (χ4v) is 3.25. The van der Waals surface area contributed by atoms with Gasteiger partial charge in [-0.1, -0.05) is 24.3 Å². The summed E-state index contributed by atoms with van der Waals surface area (Å²) in [5.74, 6) is 1.36. The molecule has 0 spiro atoms. The number of rotatable bonds is 5. The lowest BCUT2D eigenvalue weighted by molar-refractivity contribution is 0.0342. The molecule has 0 unspecified atom stereocenters. The summed E-state index contributed by atoms with van der Waals surface area (Å²) in [4.78, 5) is 14.8. The first-order valence-corrected chi connectivity index (χ1v) is 9.34. The van der Waals surface area contributed by atoms with Crippen molar-refractivity contribution in [1.82, 2.24) is 10.2 Å². The number of benzene rings is 2. The topological polar surface area (TPSA) is 60.0 Å². The van der Waals surface area contributed by atoms with Crippen LogP contribution in [0.1, 0.15) is 15.9 Å². The number of para-hydroxylation sites is 2. The highest BCUT2D eigenvalue weighted by atomic mass is 16.6. The van der Waals surface area contributed by atoms with Crippen LogP contribution in [0.4, 0.5) is 0 Å². The van der Waals surface area contributed by atoms with E-state index in [-0.39, 0.29) is 12.0 Å². The van der Waals surface area contributed by atoms with E-state index in [1.165, 1.54) is 5.56 Å². The molecule has 27 heavy (non-hydrogen) atoms. The van der Waals surface area contributed by atoms with Crippen LogP contribution < -0.4 is 14.8 Å². The zero-order chi connectivity index (χ0) is 18.5. The largest absolute Gasteiger partial charge is 0.486 e. The molecule has 2 aliphatic rings. The van der Waals surface area contributed by atoms with Gasteiger partial charge in [0, 0.05) is 25.2 Å². The van der Waals surface area contributed by atoms with Crippen molar-refractivity contribution < 1.29 is 19.0 Å². The molecule has 0 aromatic heterocycles. The van der Waals surface area contributed by atoms with Crippen LogP contribution in [0.5, 0.6) is 11.5 Å². The van der Waals surface area contributed by atoms with Gasteiger partial charge in [-0.3, -0.25) is 9.69 Å². The van der Waals surface area contributed by atoms with Gasteiger partial charge in [0.05, 0.1) is 19.8 Å². The van der Waals surface area contributed by atoms with E-state index in [4.69, 9.17) is 14.2 Å². The third kappa shape index (κ3) is 4.59. The van der Waals surface area contributed by atoms with Crippen molar-refractivity contribution in [3.63, 3.8) is 0 Å². The fraction of sp³-hybridized carbons (Fsp3) is 0.381. The van der Waals surface area contributed by atoms with Gasteiger partial charge in [-0.05, 0) is 29.8 Å². The summed E-state index contributed by atoms with van der Waals surface area (Å²) >= 11 is 0. The zero-order valence-electron chi connectivity index (χ0n) is 15.2. The SMILES string of the molecule is O=C(NC[C@@H]1COc2ccccc2O1)c1ccc(CN2CCOCC2)cc1. The van der Waals surface area contributed by atoms with Crippen LogP contribution in [0.15, 0.2) is 48.5 Å². The predicted octanol–water partition coefficient (Wildman–Crippen LogP) is 2.09. The van der Waals surface area contributed by atoms with Crippen LogP contribution >= 0.6 is 0 Å². The lowest BCUT2D eigenvalue weighted by atomic mass is 10.1. The molecule has 0 bridgehead atoms. The van der Waals surface area contributed by atoms with Gasteiger partial charge in [0.1, 0.15) is 12.7 Å². The molecule has 1 N–H and O–H groups in total. The van der Waals surface area contributed by atoms with E-state index in [1.54, 1.807) is 0 Å². The Morgan fingerprint density at radius 1 is 1.04 bits per heavy atom. The minimum absolute atomic E-state index is 0.101. The monoisotopic (exact) mass is 368 g/mol. The van der Waals surface area contributed by atoms with Crippen molar-refractivity contribution >= 4 is 5.91 Å². The standard InChI is InChI=1S/C21H24N2O4/c24-21(22-13-18-15-26-19-3-1-2-4-20(19)27-18)17-7-5-16(6-8-17)14-23-9-11-25-12-10-23/h1-8,18H,9-15H2,(H,22,24)/t18-/m1/s1. The second-order valence-corrected chi connectivity index (χ2v) is 6.79. The number of carbonyl (C=O) groups is 1. The maximum absolute atomic E-state index is 12.4. The number of amides is 1. The Morgan fingerprint density at radius 2 is 1.78 bits per heavy atom. The predicted molar refractivity (Wildman–Crippen MR) is 101 cm³/mol. The van der Waals surface area contributed by atoms with Crippen molar-refractivity contribution in [2.75, 3.05) is 39.5 Å². The van der Waals surface area contributed by atoms with E-state index in [9.17, 15) is 4.79 Å². The van der Waals surface area contributed by atoms with Crippen molar-refractivity contribution in [3.05, 3.63) is 59.7 Å². The van der Waals surface area contributed by atoms with E-state index >= 15 is 0 Å². The first-order valence-electron chi connectivity index (χ1n) is 9.34. The first-order chi connectivity index (χ1) is 13.3. The minimum atomic E-state index is -0.190. The Hall–Kier alpha value is -2.57. The number of hydrogen-bond acceptors (Lipinski definition) is 5. The molecule has 4 rings (SSSR count). The second kappa shape index (κ2) is 8.41. The van der Waals surface area contributed by atoms with Crippen LogP contribution in [-0.2, 0) is 11.3 Å². The number of morpholine rings is 1. The second-order valence-electron chi connectivity index (χ2n) is 6.79. The summed E-state index contributed by atoms with van der Waals surface area (Å²) in [6.45, 7) is 5.20. The summed E-state index contributed by atoms with van der Waals surface area (Å²) in [6, 6.07) is 15.3. The van der Waals surface area contributed by atoms with Crippen LogP contribution in [0.25, 0.3) is 0 Å². The summed E-state index contributed by atoms with van der Waals surface area (Å²) < 4.78 is 16.9. The molecule has 6 heteroatoms. The highest BCUT2D eigenvalue weighted by Gasteiger charge is 2.21. The Morgan fingerprint density at radius 3 is 2.56 bits per heavy atom. The average Bonchev–Trinajstić information content (AvgIpc) is 2.73. The number of nitrogens with one attached hydrogen (secondary N) is 1. The molecule has 0 radical (unpaired) electrons. The maximum atomic E-state index is 12.4. The van der Waals surface area contributed by atoms with Gasteiger partial charge in [0.2, 0.25) is 0 Å². The van der Waals surface area contributed by atoms with Crippen LogP contribution in [-0.4, -0.2) is 56.4 Å². The van der Waals surface area contributed by atoms with E-state index in [1.807, 2.05) is 48.5 Å². The van der Waals surface area contributed by atoms with Gasteiger partial charge in [0.25, 0.3) is 5.91 Å². The molecule has 2 aromatic carbocycles. The van der Waals surface area contributed by atoms with Gasteiger partial charge in [0.15, 0.2) is 11.5 Å². The van der Waals surface area contributed by atoms with Crippen molar-refractivity contribution in [3.8, 4) is 11.5 Å². The molecular weight excluding hydrogens is 344 g/mol. The molecule has 1 fully saturated rings. The third-order valence-corrected chi connectivity index (χ3v) is 4.78. The number of carbonyl (C=O) groups excluding carboxylic acids is 1. The minimum Gasteiger partial charge on any atom is -0.486 e. The molecule has 2 heterocycles. The first kappa shape index (κ1) is 17.8. The van der Waals surface area contributed by atoms with Crippen molar-refractivity contribution in [2.24, 2.45) is 0 Å². The maximum Gasteiger partial charge on any atom is 0.251 e. The molecule has 1 amide bonds. The molecule has 2 aromatic rings. The Balaban J connectivity index is 1.27. The van der Waals surface area contributed by atoms with E-state index in [0.717, 1.165) is 44.3 Å². The van der Waals surface area contributed by atoms with Crippen LogP contribution in [0.2, 0.25) is 0 Å². The quantitative estimate of drug-likeness (QED) is 0.876. The lowest BCUT2D eigenvalue weighted by Crippen LogP contribution is -2.40. The smallest absolute Gasteiger partial charge is 0.251 e. The molecule has 1 saturated heterocycles. The molecule has 1 atom stereocenters. The van der Waals surface area contributed by atoms with Gasteiger partial charge >= 0.3 is 0 Å². The lowest BCUT2D eigenvalue weighted by Gasteiger charge is -2.27. The summed E-state index contributed by atoms with van der Waals surface area (Å²) in [5, 5.41) is 2.93. The fourth-order valence-electron chi connectivity index (χ4n) is 3.25. The number of ether oxygens (including phenoxy) is 3. The van der Waals surface area contributed by atoms with Gasteiger partial charge < -0.3 is 19.5 Å². The van der Waals surface area contributed by atoms with Crippen LogP contribution in [0.3, 0.4) is 0 Å². The third-order valence-electron chi connectivity index (χ3n) is 4.78. The Labute approximate surface area is 159 Å².